The lowest BCUT2D eigenvalue weighted by molar-refractivity contribution is -0.161. The van der Waals surface area contributed by atoms with Gasteiger partial charge in [-0.3, -0.25) is 18.6 Å². The minimum atomic E-state index is -4.38. The van der Waals surface area contributed by atoms with E-state index in [0.29, 0.717) is 6.42 Å². The summed E-state index contributed by atoms with van der Waals surface area (Å²) in [6, 6.07) is 0. The molecule has 0 aliphatic rings. The van der Waals surface area contributed by atoms with Crippen molar-refractivity contribution in [2.45, 2.75) is 200 Å². The molecule has 0 fully saturated rings. The molecular formula is C43H80NO8P. The van der Waals surface area contributed by atoms with Gasteiger partial charge in [-0.05, 0) is 51.4 Å². The topological polar surface area (TPSA) is 134 Å². The lowest BCUT2D eigenvalue weighted by atomic mass is 10.0. The second-order valence-electron chi connectivity index (χ2n) is 14.2. The highest BCUT2D eigenvalue weighted by molar-refractivity contribution is 7.47. The summed E-state index contributed by atoms with van der Waals surface area (Å²) in [5.41, 5.74) is 5.34. The lowest BCUT2D eigenvalue weighted by Gasteiger charge is -2.19. The van der Waals surface area contributed by atoms with Crippen LogP contribution in [0.5, 0.6) is 0 Å². The number of hydrogen-bond donors (Lipinski definition) is 2. The van der Waals surface area contributed by atoms with E-state index in [9.17, 15) is 19.0 Å². The van der Waals surface area contributed by atoms with Crippen molar-refractivity contribution >= 4 is 19.8 Å². The largest absolute Gasteiger partial charge is 0.472 e. The number of carbonyl (C=O) groups excluding carboxylic acids is 2. The first-order chi connectivity index (χ1) is 25.8. The van der Waals surface area contributed by atoms with Crippen LogP contribution in [-0.4, -0.2) is 49.3 Å². The normalized spacial score (nSPS) is 13.7. The first kappa shape index (κ1) is 51.2. The first-order valence-electron chi connectivity index (χ1n) is 21.5. The fourth-order valence-corrected chi connectivity index (χ4v) is 6.58. The van der Waals surface area contributed by atoms with E-state index in [2.05, 4.69) is 50.3 Å². The van der Waals surface area contributed by atoms with Crippen LogP contribution < -0.4 is 5.73 Å². The Morgan fingerprint density at radius 1 is 0.566 bits per heavy atom. The maximum absolute atomic E-state index is 12.6. The van der Waals surface area contributed by atoms with E-state index in [1.807, 2.05) is 0 Å². The van der Waals surface area contributed by atoms with Gasteiger partial charge in [0.2, 0.25) is 0 Å². The molecule has 0 saturated carbocycles. The van der Waals surface area contributed by atoms with Gasteiger partial charge in [-0.15, -0.1) is 0 Å². The van der Waals surface area contributed by atoms with Crippen LogP contribution in [0.1, 0.15) is 194 Å². The maximum atomic E-state index is 12.6. The number of nitrogens with two attached hydrogens (primary N) is 1. The van der Waals surface area contributed by atoms with Crippen molar-refractivity contribution < 1.29 is 37.6 Å². The quantitative estimate of drug-likeness (QED) is 0.0270. The zero-order chi connectivity index (χ0) is 38.9. The molecule has 2 unspecified atom stereocenters. The highest BCUT2D eigenvalue weighted by Crippen LogP contribution is 2.43. The van der Waals surface area contributed by atoms with E-state index in [0.717, 1.165) is 70.6 Å². The van der Waals surface area contributed by atoms with Gasteiger partial charge in [0.25, 0.3) is 0 Å². The van der Waals surface area contributed by atoms with E-state index in [1.54, 1.807) is 0 Å². The van der Waals surface area contributed by atoms with Crippen molar-refractivity contribution in [2.24, 2.45) is 5.73 Å². The predicted octanol–water partition coefficient (Wildman–Crippen LogP) is 12.2. The molecule has 0 aromatic rings. The van der Waals surface area contributed by atoms with Gasteiger partial charge in [-0.25, -0.2) is 4.57 Å². The van der Waals surface area contributed by atoms with Crippen LogP contribution in [-0.2, 0) is 32.7 Å². The molecule has 2 atom stereocenters. The van der Waals surface area contributed by atoms with Crippen LogP contribution >= 0.6 is 7.82 Å². The number of hydrogen-bond acceptors (Lipinski definition) is 8. The minimum Gasteiger partial charge on any atom is -0.462 e. The number of rotatable bonds is 40. The molecule has 0 amide bonds. The SMILES string of the molecule is CCCCC/C=C\C/C=C\C/C=C\CCCCCCCCC(=O)OC(COC(=O)CCCCCCCCCCCCCCC)COP(=O)(O)OCCN. The summed E-state index contributed by atoms with van der Waals surface area (Å²) in [5.74, 6) is -0.839. The van der Waals surface area contributed by atoms with Crippen LogP contribution in [0.25, 0.3) is 0 Å². The van der Waals surface area contributed by atoms with Crippen LogP contribution in [0, 0.1) is 0 Å². The van der Waals surface area contributed by atoms with E-state index in [-0.39, 0.29) is 38.6 Å². The summed E-state index contributed by atoms with van der Waals surface area (Å²) >= 11 is 0. The van der Waals surface area contributed by atoms with Crippen LogP contribution in [0.3, 0.4) is 0 Å². The Morgan fingerprint density at radius 2 is 0.981 bits per heavy atom. The van der Waals surface area contributed by atoms with E-state index >= 15 is 0 Å². The molecule has 0 spiro atoms. The second-order valence-corrected chi connectivity index (χ2v) is 15.7. The van der Waals surface area contributed by atoms with Gasteiger partial charge in [0, 0.05) is 19.4 Å². The zero-order valence-corrected chi connectivity index (χ0v) is 34.9. The Hall–Kier alpha value is -1.77. The van der Waals surface area contributed by atoms with Crippen molar-refractivity contribution in [3.05, 3.63) is 36.5 Å². The van der Waals surface area contributed by atoms with Gasteiger partial charge in [0.05, 0.1) is 13.2 Å². The van der Waals surface area contributed by atoms with Crippen LogP contribution in [0.4, 0.5) is 0 Å². The lowest BCUT2D eigenvalue weighted by Crippen LogP contribution is -2.29. The summed E-state index contributed by atoms with van der Waals surface area (Å²) in [4.78, 5) is 34.8. The average Bonchev–Trinajstić information content (AvgIpc) is 3.14. The molecular weight excluding hydrogens is 689 g/mol. The maximum Gasteiger partial charge on any atom is 0.472 e. The van der Waals surface area contributed by atoms with Gasteiger partial charge in [0.1, 0.15) is 6.61 Å². The number of esters is 2. The highest BCUT2D eigenvalue weighted by Gasteiger charge is 2.26. The molecule has 53 heavy (non-hydrogen) atoms. The number of unbranched alkanes of at least 4 members (excludes halogenated alkanes) is 21. The fourth-order valence-electron chi connectivity index (χ4n) is 5.82. The summed E-state index contributed by atoms with van der Waals surface area (Å²) in [7, 11) is -4.38. The Morgan fingerprint density at radius 3 is 1.49 bits per heavy atom. The molecule has 9 nitrogen and oxygen atoms in total. The molecule has 310 valence electrons. The van der Waals surface area contributed by atoms with Crippen LogP contribution in [0.15, 0.2) is 36.5 Å². The van der Waals surface area contributed by atoms with Crippen molar-refractivity contribution in [2.75, 3.05) is 26.4 Å². The molecule has 0 aliphatic carbocycles. The van der Waals surface area contributed by atoms with Crippen molar-refractivity contribution in [3.63, 3.8) is 0 Å². The fraction of sp³-hybridized carbons (Fsp3) is 0.814. The van der Waals surface area contributed by atoms with E-state index < -0.39 is 26.5 Å². The third kappa shape index (κ3) is 39.7. The molecule has 0 aliphatic heterocycles. The molecule has 0 heterocycles. The Labute approximate surface area is 324 Å². The Kier molecular flexibility index (Phi) is 38.6. The summed E-state index contributed by atoms with van der Waals surface area (Å²) in [5, 5.41) is 0. The smallest absolute Gasteiger partial charge is 0.462 e. The second kappa shape index (κ2) is 39.9. The molecule has 0 rings (SSSR count). The molecule has 0 aromatic carbocycles. The standard InChI is InChI=1S/C43H80NO8P/c1-3-5-7-9-11-13-15-17-18-19-20-21-22-24-26-28-30-32-34-36-43(46)52-41(40-51-53(47,48)50-38-37-44)39-49-42(45)35-33-31-29-27-25-23-16-14-12-10-8-6-4-2/h11,13,17-18,20-21,41H,3-10,12,14-16,19,22-40,44H2,1-2H3,(H,47,48)/b13-11-,18-17-,21-20-. The Bertz CT molecular complexity index is 970. The summed E-state index contributed by atoms with van der Waals surface area (Å²) in [6.07, 6.45) is 43.1. The number of phosphoric ester groups is 1. The molecule has 0 aromatic heterocycles. The molecule has 0 radical (unpaired) electrons. The summed E-state index contributed by atoms with van der Waals surface area (Å²) < 4.78 is 32.7. The highest BCUT2D eigenvalue weighted by atomic mass is 31.2. The number of ether oxygens (including phenoxy) is 2. The van der Waals surface area contributed by atoms with Gasteiger partial charge in [-0.2, -0.15) is 0 Å². The van der Waals surface area contributed by atoms with Gasteiger partial charge >= 0.3 is 19.8 Å². The van der Waals surface area contributed by atoms with Crippen molar-refractivity contribution in [3.8, 4) is 0 Å². The molecule has 0 saturated heterocycles. The van der Waals surface area contributed by atoms with Gasteiger partial charge in [0.15, 0.2) is 6.10 Å². The van der Waals surface area contributed by atoms with Crippen molar-refractivity contribution in [1.29, 1.82) is 0 Å². The minimum absolute atomic E-state index is 0.0513. The number of carbonyl (C=O) groups is 2. The van der Waals surface area contributed by atoms with E-state index in [1.165, 1.54) is 89.9 Å². The average molecular weight is 770 g/mol. The van der Waals surface area contributed by atoms with Crippen LogP contribution in [0.2, 0.25) is 0 Å². The molecule has 3 N–H and O–H groups in total. The van der Waals surface area contributed by atoms with Crippen molar-refractivity contribution in [1.82, 2.24) is 0 Å². The summed E-state index contributed by atoms with van der Waals surface area (Å²) in [6.45, 7) is 3.69. The third-order valence-corrected chi connectivity index (χ3v) is 10.0. The van der Waals surface area contributed by atoms with E-state index in [4.69, 9.17) is 24.3 Å². The third-order valence-electron chi connectivity index (χ3n) is 9.03. The number of allylic oxidation sites excluding steroid dienone is 6. The van der Waals surface area contributed by atoms with Gasteiger partial charge < -0.3 is 20.1 Å². The van der Waals surface area contributed by atoms with Gasteiger partial charge in [-0.1, -0.05) is 166 Å². The number of phosphoric acid groups is 1. The molecule has 0 bridgehead atoms. The first-order valence-corrected chi connectivity index (χ1v) is 23.0. The zero-order valence-electron chi connectivity index (χ0n) is 34.0. The molecule has 10 heteroatoms. The monoisotopic (exact) mass is 770 g/mol. The predicted molar refractivity (Wildman–Crippen MR) is 220 cm³/mol. The Balaban J connectivity index is 4.17.